The van der Waals surface area contributed by atoms with Gasteiger partial charge in [0.2, 0.25) is 0 Å². The van der Waals surface area contributed by atoms with Gasteiger partial charge in [0.25, 0.3) is 0 Å². The van der Waals surface area contributed by atoms with Crippen molar-refractivity contribution in [2.24, 2.45) is 5.92 Å². The Morgan fingerprint density at radius 3 is 2.82 bits per heavy atom. The molecule has 17 heavy (non-hydrogen) atoms. The van der Waals surface area contributed by atoms with Crippen LogP contribution in [0.15, 0.2) is 22.7 Å². The highest BCUT2D eigenvalue weighted by molar-refractivity contribution is 9.10. The van der Waals surface area contributed by atoms with Crippen molar-refractivity contribution in [3.8, 4) is 0 Å². The number of ether oxygens (including phenoxy) is 1. The van der Waals surface area contributed by atoms with E-state index in [1.54, 1.807) is 0 Å². The van der Waals surface area contributed by atoms with Crippen LogP contribution >= 0.6 is 15.9 Å². The van der Waals surface area contributed by atoms with Crippen LogP contribution in [0.5, 0.6) is 0 Å². The molecule has 1 aliphatic rings. The van der Waals surface area contributed by atoms with E-state index in [4.69, 9.17) is 4.74 Å². The van der Waals surface area contributed by atoms with Crippen LogP contribution in [0.1, 0.15) is 24.9 Å². The molecule has 1 fully saturated rings. The summed E-state index contributed by atoms with van der Waals surface area (Å²) in [5.41, 5.74) is 1.10. The van der Waals surface area contributed by atoms with Gasteiger partial charge in [-0.2, -0.15) is 0 Å². The quantitative estimate of drug-likeness (QED) is 0.925. The molecule has 1 heterocycles. The smallest absolute Gasteiger partial charge is 0.137 e. The first-order chi connectivity index (χ1) is 8.13. The summed E-state index contributed by atoms with van der Waals surface area (Å²) in [6.45, 7) is 2.91. The highest BCUT2D eigenvalue weighted by Gasteiger charge is 2.32. The van der Waals surface area contributed by atoms with Gasteiger partial charge < -0.3 is 10.1 Å². The third kappa shape index (κ3) is 2.69. The average Bonchev–Trinajstić information content (AvgIpc) is 2.71. The number of hydrogen-bond acceptors (Lipinski definition) is 2. The van der Waals surface area contributed by atoms with Crippen LogP contribution in [0.3, 0.4) is 0 Å². The van der Waals surface area contributed by atoms with Crippen molar-refractivity contribution in [3.63, 3.8) is 0 Å². The molecule has 1 N–H and O–H groups in total. The summed E-state index contributed by atoms with van der Waals surface area (Å²) in [6.07, 6.45) is 1.29. The first-order valence-electron chi connectivity index (χ1n) is 5.87. The van der Waals surface area contributed by atoms with Crippen LogP contribution < -0.4 is 5.32 Å². The van der Waals surface area contributed by atoms with Crippen LogP contribution in [0.4, 0.5) is 4.39 Å². The molecule has 1 saturated heterocycles. The van der Waals surface area contributed by atoms with Gasteiger partial charge in [-0.3, -0.25) is 0 Å². The van der Waals surface area contributed by atoms with E-state index < -0.39 is 0 Å². The molecule has 0 saturated carbocycles. The van der Waals surface area contributed by atoms with Crippen LogP contribution in [0.2, 0.25) is 0 Å². The third-order valence-corrected chi connectivity index (χ3v) is 4.08. The van der Waals surface area contributed by atoms with Crippen molar-refractivity contribution >= 4 is 15.9 Å². The maximum atomic E-state index is 13.2. The minimum absolute atomic E-state index is 0.212. The predicted molar refractivity (Wildman–Crippen MR) is 69.4 cm³/mol. The molecule has 3 unspecified atom stereocenters. The van der Waals surface area contributed by atoms with Gasteiger partial charge in [-0.05, 0) is 54.0 Å². The maximum Gasteiger partial charge on any atom is 0.137 e. The topological polar surface area (TPSA) is 21.3 Å². The molecular formula is C13H17BrFNO. The molecular weight excluding hydrogens is 285 g/mol. The zero-order valence-electron chi connectivity index (χ0n) is 10.0. The fourth-order valence-electron chi connectivity index (χ4n) is 2.52. The summed E-state index contributed by atoms with van der Waals surface area (Å²) in [5.74, 6) is 0.219. The monoisotopic (exact) mass is 301 g/mol. The van der Waals surface area contributed by atoms with Gasteiger partial charge in [-0.25, -0.2) is 4.39 Å². The van der Waals surface area contributed by atoms with Crippen molar-refractivity contribution in [2.45, 2.75) is 25.5 Å². The van der Waals surface area contributed by atoms with E-state index in [1.165, 1.54) is 6.07 Å². The van der Waals surface area contributed by atoms with Gasteiger partial charge in [0.1, 0.15) is 5.82 Å². The molecule has 2 nitrogen and oxygen atoms in total. The SMILES string of the molecule is CNC(c1ccc(F)c(Br)c1)C1CCOC1C. The number of rotatable bonds is 3. The van der Waals surface area contributed by atoms with Gasteiger partial charge in [0, 0.05) is 18.6 Å². The molecule has 0 spiro atoms. The van der Waals surface area contributed by atoms with E-state index in [9.17, 15) is 4.39 Å². The van der Waals surface area contributed by atoms with Crippen LogP contribution in [-0.2, 0) is 4.74 Å². The number of nitrogens with one attached hydrogen (secondary N) is 1. The Hall–Kier alpha value is -0.450. The van der Waals surface area contributed by atoms with Gasteiger partial charge in [0.15, 0.2) is 0 Å². The zero-order chi connectivity index (χ0) is 12.4. The largest absolute Gasteiger partial charge is 0.378 e. The van der Waals surface area contributed by atoms with Crippen molar-refractivity contribution in [1.29, 1.82) is 0 Å². The van der Waals surface area contributed by atoms with E-state index in [0.717, 1.165) is 18.6 Å². The number of hydrogen-bond donors (Lipinski definition) is 1. The molecule has 1 aromatic carbocycles. The van der Waals surface area contributed by atoms with Crippen molar-refractivity contribution < 1.29 is 9.13 Å². The molecule has 3 atom stereocenters. The summed E-state index contributed by atoms with van der Waals surface area (Å²) in [4.78, 5) is 0. The molecule has 4 heteroatoms. The Labute approximate surface area is 110 Å². The van der Waals surface area contributed by atoms with E-state index in [2.05, 4.69) is 28.2 Å². The Morgan fingerprint density at radius 1 is 1.53 bits per heavy atom. The summed E-state index contributed by atoms with van der Waals surface area (Å²) < 4.78 is 19.3. The predicted octanol–water partition coefficient (Wildman–Crippen LogP) is 3.27. The normalized spacial score (nSPS) is 26.1. The Bertz CT molecular complexity index is 399. The summed E-state index contributed by atoms with van der Waals surface area (Å²) in [7, 11) is 1.94. The molecule has 0 bridgehead atoms. The van der Waals surface area contributed by atoms with Crippen LogP contribution in [-0.4, -0.2) is 19.8 Å². The maximum absolute atomic E-state index is 13.2. The summed E-state index contributed by atoms with van der Waals surface area (Å²) in [5, 5.41) is 3.31. The molecule has 0 aromatic heterocycles. The second-order valence-electron chi connectivity index (χ2n) is 4.47. The van der Waals surface area contributed by atoms with E-state index in [1.807, 2.05) is 19.2 Å². The van der Waals surface area contributed by atoms with Gasteiger partial charge in [-0.15, -0.1) is 0 Å². The van der Waals surface area contributed by atoms with Crippen LogP contribution in [0, 0.1) is 11.7 Å². The molecule has 0 aliphatic carbocycles. The van der Waals surface area contributed by atoms with E-state index in [-0.39, 0.29) is 18.0 Å². The van der Waals surface area contributed by atoms with Crippen molar-refractivity contribution in [3.05, 3.63) is 34.1 Å². The lowest BCUT2D eigenvalue weighted by atomic mass is 9.88. The molecule has 2 rings (SSSR count). The lowest BCUT2D eigenvalue weighted by molar-refractivity contribution is 0.0963. The Kier molecular flexibility index (Phi) is 4.17. The third-order valence-electron chi connectivity index (χ3n) is 3.48. The molecule has 1 aromatic rings. The Balaban J connectivity index is 2.25. The van der Waals surface area contributed by atoms with E-state index >= 15 is 0 Å². The fraction of sp³-hybridized carbons (Fsp3) is 0.538. The lowest BCUT2D eigenvalue weighted by Crippen LogP contribution is -2.29. The lowest BCUT2D eigenvalue weighted by Gasteiger charge is -2.26. The Morgan fingerprint density at radius 2 is 2.29 bits per heavy atom. The molecule has 0 amide bonds. The second-order valence-corrected chi connectivity index (χ2v) is 5.32. The van der Waals surface area contributed by atoms with Crippen molar-refractivity contribution in [2.75, 3.05) is 13.7 Å². The fourth-order valence-corrected chi connectivity index (χ4v) is 2.92. The van der Waals surface area contributed by atoms with Gasteiger partial charge in [-0.1, -0.05) is 6.07 Å². The summed E-state index contributed by atoms with van der Waals surface area (Å²) >= 11 is 3.23. The zero-order valence-corrected chi connectivity index (χ0v) is 11.6. The standard InChI is InChI=1S/C13H17BrFNO/c1-8-10(5-6-17-8)13(16-2)9-3-4-12(15)11(14)7-9/h3-4,7-8,10,13,16H,5-6H2,1-2H3. The minimum atomic E-state index is -0.223. The number of benzene rings is 1. The van der Waals surface area contributed by atoms with Crippen molar-refractivity contribution in [1.82, 2.24) is 5.32 Å². The first-order valence-corrected chi connectivity index (χ1v) is 6.66. The van der Waals surface area contributed by atoms with E-state index in [0.29, 0.717) is 10.4 Å². The highest BCUT2D eigenvalue weighted by Crippen LogP contribution is 2.34. The number of halogens is 2. The molecule has 0 radical (unpaired) electrons. The molecule has 94 valence electrons. The summed E-state index contributed by atoms with van der Waals surface area (Å²) in [6, 6.07) is 5.40. The first kappa shape index (κ1) is 13.0. The average molecular weight is 302 g/mol. The van der Waals surface area contributed by atoms with Gasteiger partial charge in [0.05, 0.1) is 10.6 Å². The highest BCUT2D eigenvalue weighted by atomic mass is 79.9. The second kappa shape index (κ2) is 5.46. The molecule has 1 aliphatic heterocycles. The van der Waals surface area contributed by atoms with Crippen LogP contribution in [0.25, 0.3) is 0 Å². The minimum Gasteiger partial charge on any atom is -0.378 e. The van der Waals surface area contributed by atoms with Gasteiger partial charge >= 0.3 is 0 Å².